The van der Waals surface area contributed by atoms with Crippen molar-refractivity contribution in [2.24, 2.45) is 17.8 Å². The molecule has 1 amide bonds. The summed E-state index contributed by atoms with van der Waals surface area (Å²) in [6, 6.07) is 10.8. The maximum Gasteiger partial charge on any atom is 0.251 e. The molecule has 3 nitrogen and oxygen atoms in total. The van der Waals surface area contributed by atoms with E-state index in [-0.39, 0.29) is 11.7 Å². The topological polar surface area (TPSA) is 49.3 Å². The Morgan fingerprint density at radius 1 is 1.09 bits per heavy atom. The van der Waals surface area contributed by atoms with Crippen LogP contribution in [-0.2, 0) is 0 Å². The first-order valence-corrected chi connectivity index (χ1v) is 8.24. The summed E-state index contributed by atoms with van der Waals surface area (Å²) in [7, 11) is 0. The Labute approximate surface area is 130 Å². The minimum Gasteiger partial charge on any atom is -0.507 e. The Bertz CT molecular complexity index is 714. The number of nitrogens with one attached hydrogen (secondary N) is 1. The Morgan fingerprint density at radius 3 is 2.59 bits per heavy atom. The van der Waals surface area contributed by atoms with Gasteiger partial charge in [0.2, 0.25) is 0 Å². The Hall–Kier alpha value is -2.03. The third kappa shape index (κ3) is 2.25. The van der Waals surface area contributed by atoms with Crippen LogP contribution in [-0.4, -0.2) is 17.6 Å². The van der Waals surface area contributed by atoms with Crippen molar-refractivity contribution >= 4 is 16.7 Å². The smallest absolute Gasteiger partial charge is 0.251 e. The quantitative estimate of drug-likeness (QED) is 0.903. The van der Waals surface area contributed by atoms with Crippen LogP contribution in [0.1, 0.15) is 36.0 Å². The molecule has 0 bridgehead atoms. The molecule has 114 valence electrons. The summed E-state index contributed by atoms with van der Waals surface area (Å²) in [5.74, 6) is 2.93. The third-order valence-corrected chi connectivity index (χ3v) is 5.49. The van der Waals surface area contributed by atoms with E-state index >= 15 is 0 Å². The van der Waals surface area contributed by atoms with E-state index in [9.17, 15) is 9.90 Å². The Morgan fingerprint density at radius 2 is 1.82 bits per heavy atom. The monoisotopic (exact) mass is 295 g/mol. The number of hydrogen-bond acceptors (Lipinski definition) is 2. The molecule has 2 N–H and O–H groups in total. The lowest BCUT2D eigenvalue weighted by molar-refractivity contribution is 0.0954. The molecule has 0 radical (unpaired) electrons. The summed E-state index contributed by atoms with van der Waals surface area (Å²) in [4.78, 5) is 12.4. The second-order valence-corrected chi connectivity index (χ2v) is 6.64. The fraction of sp³-hybridized carbons (Fsp3) is 0.421. The van der Waals surface area contributed by atoms with Gasteiger partial charge in [0.1, 0.15) is 5.75 Å². The van der Waals surface area contributed by atoms with Gasteiger partial charge in [-0.25, -0.2) is 0 Å². The molecular weight excluding hydrogens is 274 g/mol. The van der Waals surface area contributed by atoms with E-state index in [4.69, 9.17) is 0 Å². The Kier molecular flexibility index (Phi) is 3.29. The number of carbonyl (C=O) groups is 1. The van der Waals surface area contributed by atoms with Crippen LogP contribution in [0.2, 0.25) is 0 Å². The van der Waals surface area contributed by atoms with Gasteiger partial charge in [-0.3, -0.25) is 4.79 Å². The van der Waals surface area contributed by atoms with Crippen molar-refractivity contribution in [2.45, 2.75) is 25.7 Å². The summed E-state index contributed by atoms with van der Waals surface area (Å²) in [6.07, 6.45) is 5.30. The fourth-order valence-corrected chi connectivity index (χ4v) is 4.33. The van der Waals surface area contributed by atoms with E-state index in [1.165, 1.54) is 19.3 Å². The molecule has 3 heteroatoms. The van der Waals surface area contributed by atoms with Gasteiger partial charge in [-0.15, -0.1) is 0 Å². The standard InChI is InChI=1S/C19H21NO2/c21-18-9-8-17(14-4-1-2-5-16(14)18)19(22)20-11-10-15-12-6-3-7-13(12)15/h1-2,4-5,8-9,12-13,15,21H,3,6-7,10-11H2,(H,20,22). The summed E-state index contributed by atoms with van der Waals surface area (Å²) >= 11 is 0. The van der Waals surface area contributed by atoms with Gasteiger partial charge in [-0.05, 0) is 54.5 Å². The zero-order chi connectivity index (χ0) is 15.1. The number of phenols is 1. The number of hydrogen-bond donors (Lipinski definition) is 2. The molecule has 2 aliphatic rings. The molecule has 22 heavy (non-hydrogen) atoms. The number of aromatic hydroxyl groups is 1. The van der Waals surface area contributed by atoms with Crippen molar-refractivity contribution < 1.29 is 9.90 Å². The first-order valence-electron chi connectivity index (χ1n) is 8.24. The lowest BCUT2D eigenvalue weighted by Crippen LogP contribution is -2.25. The molecule has 2 fully saturated rings. The third-order valence-electron chi connectivity index (χ3n) is 5.49. The van der Waals surface area contributed by atoms with Crippen LogP contribution >= 0.6 is 0 Å². The van der Waals surface area contributed by atoms with Crippen molar-refractivity contribution in [3.05, 3.63) is 42.0 Å². The van der Waals surface area contributed by atoms with Gasteiger partial charge in [0.05, 0.1) is 0 Å². The summed E-state index contributed by atoms with van der Waals surface area (Å²) in [5, 5.41) is 14.5. The maximum atomic E-state index is 12.4. The highest BCUT2D eigenvalue weighted by atomic mass is 16.3. The largest absolute Gasteiger partial charge is 0.507 e. The number of amides is 1. The molecule has 0 aliphatic heterocycles. The average molecular weight is 295 g/mol. The molecule has 0 saturated heterocycles. The summed E-state index contributed by atoms with van der Waals surface area (Å²) < 4.78 is 0. The molecule has 2 atom stereocenters. The SMILES string of the molecule is O=C(NCCC1C2CCCC21)c1ccc(O)c2ccccc12. The first-order chi connectivity index (χ1) is 10.8. The average Bonchev–Trinajstić information content (AvgIpc) is 2.96. The minimum atomic E-state index is -0.0398. The van der Waals surface area contributed by atoms with E-state index in [0.717, 1.165) is 41.5 Å². The van der Waals surface area contributed by atoms with Crippen LogP contribution in [0.25, 0.3) is 10.8 Å². The van der Waals surface area contributed by atoms with Crippen molar-refractivity contribution in [1.29, 1.82) is 0 Å². The molecule has 0 aromatic heterocycles. The molecular formula is C19H21NO2. The Balaban J connectivity index is 1.43. The fourth-order valence-electron chi connectivity index (χ4n) is 4.33. The highest BCUT2D eigenvalue weighted by Crippen LogP contribution is 2.58. The van der Waals surface area contributed by atoms with Gasteiger partial charge in [0.15, 0.2) is 0 Å². The molecule has 2 unspecified atom stereocenters. The zero-order valence-electron chi connectivity index (χ0n) is 12.6. The molecule has 0 heterocycles. The van der Waals surface area contributed by atoms with Crippen LogP contribution < -0.4 is 5.32 Å². The lowest BCUT2D eigenvalue weighted by atomic mass is 10.0. The number of benzene rings is 2. The van der Waals surface area contributed by atoms with E-state index in [1.807, 2.05) is 24.3 Å². The number of carbonyl (C=O) groups excluding carboxylic acids is 1. The van der Waals surface area contributed by atoms with Gasteiger partial charge in [-0.2, -0.15) is 0 Å². The lowest BCUT2D eigenvalue weighted by Gasteiger charge is -2.09. The highest BCUT2D eigenvalue weighted by Gasteiger charge is 2.51. The summed E-state index contributed by atoms with van der Waals surface area (Å²) in [5.41, 5.74) is 0.643. The van der Waals surface area contributed by atoms with Crippen LogP contribution in [0.4, 0.5) is 0 Å². The van der Waals surface area contributed by atoms with E-state index < -0.39 is 0 Å². The highest BCUT2D eigenvalue weighted by molar-refractivity contribution is 6.08. The van der Waals surface area contributed by atoms with Crippen molar-refractivity contribution in [2.75, 3.05) is 6.54 Å². The van der Waals surface area contributed by atoms with Gasteiger partial charge in [0, 0.05) is 17.5 Å². The van der Waals surface area contributed by atoms with E-state index in [1.54, 1.807) is 12.1 Å². The van der Waals surface area contributed by atoms with Gasteiger partial charge in [-0.1, -0.05) is 30.7 Å². The maximum absolute atomic E-state index is 12.4. The van der Waals surface area contributed by atoms with E-state index in [2.05, 4.69) is 5.32 Å². The predicted octanol–water partition coefficient (Wildman–Crippen LogP) is 3.71. The first kappa shape index (κ1) is 13.6. The van der Waals surface area contributed by atoms with Gasteiger partial charge in [0.25, 0.3) is 5.91 Å². The molecule has 2 aromatic rings. The van der Waals surface area contributed by atoms with Crippen LogP contribution in [0.15, 0.2) is 36.4 Å². The zero-order valence-corrected chi connectivity index (χ0v) is 12.6. The van der Waals surface area contributed by atoms with Crippen molar-refractivity contribution in [3.8, 4) is 5.75 Å². The second kappa shape index (κ2) is 5.31. The normalized spacial score (nSPS) is 25.9. The van der Waals surface area contributed by atoms with Gasteiger partial charge >= 0.3 is 0 Å². The predicted molar refractivity (Wildman–Crippen MR) is 86.9 cm³/mol. The minimum absolute atomic E-state index is 0.0398. The van der Waals surface area contributed by atoms with Crippen molar-refractivity contribution in [3.63, 3.8) is 0 Å². The van der Waals surface area contributed by atoms with Crippen LogP contribution in [0, 0.1) is 17.8 Å². The molecule has 0 spiro atoms. The van der Waals surface area contributed by atoms with Gasteiger partial charge < -0.3 is 10.4 Å². The van der Waals surface area contributed by atoms with Crippen LogP contribution in [0.5, 0.6) is 5.75 Å². The number of rotatable bonds is 4. The van der Waals surface area contributed by atoms with E-state index in [0.29, 0.717) is 5.56 Å². The number of phenolic OH excluding ortho intramolecular Hbond substituents is 1. The number of fused-ring (bicyclic) bond motifs is 2. The summed E-state index contributed by atoms with van der Waals surface area (Å²) in [6.45, 7) is 0.756. The molecule has 2 saturated carbocycles. The van der Waals surface area contributed by atoms with Crippen molar-refractivity contribution in [1.82, 2.24) is 5.32 Å². The molecule has 4 rings (SSSR count). The second-order valence-electron chi connectivity index (χ2n) is 6.64. The van der Waals surface area contributed by atoms with Crippen LogP contribution in [0.3, 0.4) is 0 Å². The molecule has 2 aromatic carbocycles. The molecule has 2 aliphatic carbocycles.